The molecule has 0 fully saturated rings. The van der Waals surface area contributed by atoms with Crippen molar-refractivity contribution in [1.82, 2.24) is 5.32 Å². The highest BCUT2D eigenvalue weighted by Crippen LogP contribution is 2.21. The monoisotopic (exact) mass is 300 g/mol. The number of anilines is 1. The van der Waals surface area contributed by atoms with Gasteiger partial charge in [-0.25, -0.2) is 13.2 Å². The lowest BCUT2D eigenvalue weighted by Crippen LogP contribution is -2.33. The SMILES string of the molecule is CCS(=O)(=O)CCNC(=O)Nc1cc(OC)ccc1C. The summed E-state index contributed by atoms with van der Waals surface area (Å²) >= 11 is 0. The molecule has 0 spiro atoms. The second-order valence-electron chi connectivity index (χ2n) is 4.30. The summed E-state index contributed by atoms with van der Waals surface area (Å²) in [6.07, 6.45) is 0. The number of amides is 2. The van der Waals surface area contributed by atoms with Crippen LogP contribution in [0.5, 0.6) is 5.75 Å². The van der Waals surface area contributed by atoms with Gasteiger partial charge in [-0.05, 0) is 18.6 Å². The summed E-state index contributed by atoms with van der Waals surface area (Å²) in [4.78, 5) is 11.7. The van der Waals surface area contributed by atoms with Crippen LogP contribution in [0.1, 0.15) is 12.5 Å². The molecule has 0 aromatic heterocycles. The standard InChI is InChI=1S/C13H20N2O4S/c1-4-20(17,18)8-7-14-13(16)15-12-9-11(19-3)6-5-10(12)2/h5-6,9H,4,7-8H2,1-3H3,(H2,14,15,16). The zero-order valence-corrected chi connectivity index (χ0v) is 12.7. The lowest BCUT2D eigenvalue weighted by Gasteiger charge is -2.11. The zero-order chi connectivity index (χ0) is 15.2. The van der Waals surface area contributed by atoms with Gasteiger partial charge in [-0.3, -0.25) is 0 Å². The Hall–Kier alpha value is -1.76. The van der Waals surface area contributed by atoms with E-state index in [1.54, 1.807) is 26.2 Å². The van der Waals surface area contributed by atoms with E-state index >= 15 is 0 Å². The number of rotatable bonds is 6. The maximum Gasteiger partial charge on any atom is 0.319 e. The van der Waals surface area contributed by atoms with Crippen molar-refractivity contribution in [3.05, 3.63) is 23.8 Å². The third-order valence-electron chi connectivity index (χ3n) is 2.83. The molecule has 20 heavy (non-hydrogen) atoms. The molecule has 0 aliphatic heterocycles. The van der Waals surface area contributed by atoms with E-state index in [-0.39, 0.29) is 18.1 Å². The third kappa shape index (κ3) is 5.08. The van der Waals surface area contributed by atoms with Gasteiger partial charge in [0.2, 0.25) is 0 Å². The molecule has 0 aliphatic carbocycles. The minimum atomic E-state index is -3.07. The Bertz CT molecular complexity index is 570. The van der Waals surface area contributed by atoms with Crippen LogP contribution in [-0.4, -0.2) is 39.6 Å². The Balaban J connectivity index is 2.54. The molecule has 0 saturated heterocycles. The quantitative estimate of drug-likeness (QED) is 0.835. The topological polar surface area (TPSA) is 84.5 Å². The van der Waals surface area contributed by atoms with E-state index in [1.165, 1.54) is 0 Å². The maximum atomic E-state index is 11.7. The van der Waals surface area contributed by atoms with Crippen LogP contribution in [0, 0.1) is 6.92 Å². The summed E-state index contributed by atoms with van der Waals surface area (Å²) < 4.78 is 27.7. The fraction of sp³-hybridized carbons (Fsp3) is 0.462. The highest BCUT2D eigenvalue weighted by atomic mass is 32.2. The van der Waals surface area contributed by atoms with Crippen LogP contribution in [0.15, 0.2) is 18.2 Å². The van der Waals surface area contributed by atoms with Crippen LogP contribution in [0.3, 0.4) is 0 Å². The lowest BCUT2D eigenvalue weighted by atomic mass is 10.2. The number of aryl methyl sites for hydroxylation is 1. The van der Waals surface area contributed by atoms with Gasteiger partial charge in [-0.2, -0.15) is 0 Å². The summed E-state index contributed by atoms with van der Waals surface area (Å²) in [7, 11) is -1.52. The number of carbonyl (C=O) groups is 1. The van der Waals surface area contributed by atoms with Gasteiger partial charge in [-0.15, -0.1) is 0 Å². The van der Waals surface area contributed by atoms with E-state index in [2.05, 4.69) is 10.6 Å². The van der Waals surface area contributed by atoms with E-state index < -0.39 is 15.9 Å². The fourth-order valence-electron chi connectivity index (χ4n) is 1.49. The molecular formula is C13H20N2O4S. The van der Waals surface area contributed by atoms with Crippen molar-refractivity contribution in [3.63, 3.8) is 0 Å². The first-order valence-corrected chi connectivity index (χ1v) is 8.10. The van der Waals surface area contributed by atoms with Crippen LogP contribution in [0.25, 0.3) is 0 Å². The number of hydrogen-bond donors (Lipinski definition) is 2. The highest BCUT2D eigenvalue weighted by Gasteiger charge is 2.09. The zero-order valence-electron chi connectivity index (χ0n) is 11.9. The Morgan fingerprint density at radius 1 is 1.35 bits per heavy atom. The van der Waals surface area contributed by atoms with Crippen LogP contribution in [0.2, 0.25) is 0 Å². The van der Waals surface area contributed by atoms with Crippen molar-refractivity contribution < 1.29 is 17.9 Å². The number of urea groups is 1. The van der Waals surface area contributed by atoms with Gasteiger partial charge in [0.05, 0.1) is 12.9 Å². The summed E-state index contributed by atoms with van der Waals surface area (Å²) in [6.45, 7) is 3.52. The van der Waals surface area contributed by atoms with Crippen LogP contribution >= 0.6 is 0 Å². The predicted octanol–water partition coefficient (Wildman–Crippen LogP) is 1.56. The van der Waals surface area contributed by atoms with Gasteiger partial charge in [0, 0.05) is 24.1 Å². The Labute approximate surface area is 119 Å². The molecule has 0 radical (unpaired) electrons. The van der Waals surface area contributed by atoms with Crippen LogP contribution in [0.4, 0.5) is 10.5 Å². The summed E-state index contributed by atoms with van der Waals surface area (Å²) in [5.41, 5.74) is 1.52. The first-order valence-electron chi connectivity index (χ1n) is 6.28. The van der Waals surface area contributed by atoms with Crippen LogP contribution in [-0.2, 0) is 9.84 Å². The molecule has 2 amide bonds. The average molecular weight is 300 g/mol. The van der Waals surface area contributed by atoms with Crippen molar-refractivity contribution in [1.29, 1.82) is 0 Å². The maximum absolute atomic E-state index is 11.7. The van der Waals surface area contributed by atoms with Crippen molar-refractivity contribution in [2.24, 2.45) is 0 Å². The van der Waals surface area contributed by atoms with E-state index in [1.807, 2.05) is 13.0 Å². The Kier molecular flexibility index (Phi) is 5.82. The Morgan fingerprint density at radius 3 is 2.65 bits per heavy atom. The molecule has 1 aromatic rings. The molecule has 0 heterocycles. The smallest absolute Gasteiger partial charge is 0.319 e. The molecule has 0 atom stereocenters. The van der Waals surface area contributed by atoms with Crippen molar-refractivity contribution in [3.8, 4) is 5.75 Å². The highest BCUT2D eigenvalue weighted by molar-refractivity contribution is 7.91. The number of benzene rings is 1. The third-order valence-corrected chi connectivity index (χ3v) is 4.54. The van der Waals surface area contributed by atoms with Gasteiger partial charge in [0.1, 0.15) is 5.75 Å². The number of carbonyl (C=O) groups excluding carboxylic acids is 1. The molecule has 6 nitrogen and oxygen atoms in total. The molecule has 0 bridgehead atoms. The number of sulfone groups is 1. The second kappa shape index (κ2) is 7.14. The van der Waals surface area contributed by atoms with Gasteiger partial charge in [-0.1, -0.05) is 13.0 Å². The van der Waals surface area contributed by atoms with E-state index in [9.17, 15) is 13.2 Å². The van der Waals surface area contributed by atoms with E-state index in [0.29, 0.717) is 11.4 Å². The largest absolute Gasteiger partial charge is 0.497 e. The van der Waals surface area contributed by atoms with E-state index in [0.717, 1.165) is 5.56 Å². The molecule has 7 heteroatoms. The number of methoxy groups -OCH3 is 1. The van der Waals surface area contributed by atoms with Crippen molar-refractivity contribution in [2.75, 3.05) is 30.5 Å². The van der Waals surface area contributed by atoms with Crippen molar-refractivity contribution in [2.45, 2.75) is 13.8 Å². The van der Waals surface area contributed by atoms with Crippen molar-refractivity contribution >= 4 is 21.6 Å². The molecule has 0 unspecified atom stereocenters. The summed E-state index contributed by atoms with van der Waals surface area (Å²) in [5, 5.41) is 5.18. The normalized spacial score (nSPS) is 10.9. The molecule has 2 N–H and O–H groups in total. The molecule has 1 rings (SSSR count). The van der Waals surface area contributed by atoms with Gasteiger partial charge in [0.25, 0.3) is 0 Å². The first-order chi connectivity index (χ1) is 9.38. The predicted molar refractivity (Wildman–Crippen MR) is 79.1 cm³/mol. The summed E-state index contributed by atoms with van der Waals surface area (Å²) in [6, 6.07) is 4.90. The second-order valence-corrected chi connectivity index (χ2v) is 6.77. The molecular weight excluding hydrogens is 280 g/mol. The molecule has 0 saturated carbocycles. The lowest BCUT2D eigenvalue weighted by molar-refractivity contribution is 0.252. The van der Waals surface area contributed by atoms with E-state index in [4.69, 9.17) is 4.74 Å². The molecule has 0 aliphatic rings. The van der Waals surface area contributed by atoms with Crippen LogP contribution < -0.4 is 15.4 Å². The number of hydrogen-bond acceptors (Lipinski definition) is 4. The minimum Gasteiger partial charge on any atom is -0.497 e. The summed E-state index contributed by atoms with van der Waals surface area (Å²) in [5.74, 6) is 0.652. The minimum absolute atomic E-state index is 0.0615. The van der Waals surface area contributed by atoms with Gasteiger partial charge < -0.3 is 15.4 Å². The fourth-order valence-corrected chi connectivity index (χ4v) is 2.20. The molecule has 112 valence electrons. The Morgan fingerprint density at radius 2 is 2.05 bits per heavy atom. The van der Waals surface area contributed by atoms with Gasteiger partial charge >= 0.3 is 6.03 Å². The van der Waals surface area contributed by atoms with Gasteiger partial charge in [0.15, 0.2) is 9.84 Å². The number of ether oxygens (including phenoxy) is 1. The number of nitrogens with one attached hydrogen (secondary N) is 2. The molecule has 1 aromatic carbocycles. The average Bonchev–Trinajstić information content (AvgIpc) is 2.41. The first kappa shape index (κ1) is 16.3.